The summed E-state index contributed by atoms with van der Waals surface area (Å²) in [6.45, 7) is 0. The fraction of sp³-hybridized carbons (Fsp3) is 0.176. The molecule has 1 aliphatic carbocycles. The van der Waals surface area contributed by atoms with Crippen molar-refractivity contribution in [3.8, 4) is 22.9 Å². The lowest BCUT2D eigenvalue weighted by Gasteiger charge is -2.27. The number of benzene rings is 4. The lowest BCUT2D eigenvalue weighted by Crippen LogP contribution is -2.28. The Labute approximate surface area is 227 Å². The lowest BCUT2D eigenvalue weighted by atomic mass is 9.93. The summed E-state index contributed by atoms with van der Waals surface area (Å²) in [6.07, 6.45) is 5.13. The van der Waals surface area contributed by atoms with Crippen LogP contribution in [-0.2, 0) is 0 Å². The molecule has 0 radical (unpaired) electrons. The molecule has 39 heavy (non-hydrogen) atoms. The van der Waals surface area contributed by atoms with E-state index in [4.69, 9.17) is 4.98 Å². The minimum atomic E-state index is -0.213. The highest BCUT2D eigenvalue weighted by Gasteiger charge is 2.21. The van der Waals surface area contributed by atoms with Gasteiger partial charge in [0.05, 0.1) is 33.9 Å². The van der Waals surface area contributed by atoms with Crippen LogP contribution in [0.25, 0.3) is 49.5 Å². The summed E-state index contributed by atoms with van der Waals surface area (Å²) in [5, 5.41) is 26.9. The van der Waals surface area contributed by atoms with Crippen molar-refractivity contribution in [1.82, 2.24) is 9.55 Å². The van der Waals surface area contributed by atoms with Crippen LogP contribution < -0.4 is 5.32 Å². The average molecular weight is 509 g/mol. The Hall–Kier alpha value is -4.66. The molecule has 1 saturated carbocycles. The number of aliphatic hydroxyl groups is 1. The number of aliphatic hydroxyl groups excluding tert-OH is 1. The minimum absolute atomic E-state index is 0.213. The van der Waals surface area contributed by atoms with Crippen LogP contribution in [0.1, 0.15) is 31.2 Å². The molecule has 1 fully saturated rings. The zero-order chi connectivity index (χ0) is 26.3. The number of anilines is 1. The quantitative estimate of drug-likeness (QED) is 0.257. The van der Waals surface area contributed by atoms with Crippen molar-refractivity contribution in [3.05, 3.63) is 103 Å². The van der Waals surface area contributed by atoms with Gasteiger partial charge in [0.2, 0.25) is 0 Å². The van der Waals surface area contributed by atoms with E-state index in [2.05, 4.69) is 76.6 Å². The van der Waals surface area contributed by atoms with Gasteiger partial charge in [-0.3, -0.25) is 4.98 Å². The van der Waals surface area contributed by atoms with E-state index in [1.54, 1.807) is 0 Å². The van der Waals surface area contributed by atoms with Gasteiger partial charge < -0.3 is 15.0 Å². The first kappa shape index (κ1) is 23.5. The largest absolute Gasteiger partial charge is 0.393 e. The maximum absolute atomic E-state index is 9.93. The molecule has 0 saturated heterocycles. The molecule has 1 aliphatic rings. The Bertz CT molecular complexity index is 1890. The number of hydrogen-bond donors (Lipinski definition) is 2. The summed E-state index contributed by atoms with van der Waals surface area (Å²) in [5.74, 6) is 0. The first-order valence-corrected chi connectivity index (χ1v) is 13.6. The molecular weight excluding hydrogens is 480 g/mol. The predicted octanol–water partition coefficient (Wildman–Crippen LogP) is 7.59. The van der Waals surface area contributed by atoms with Gasteiger partial charge in [0, 0.05) is 39.6 Å². The lowest BCUT2D eigenvalue weighted by molar-refractivity contribution is 0.126. The number of hydrogen-bond acceptors (Lipinski definition) is 4. The van der Waals surface area contributed by atoms with Crippen molar-refractivity contribution in [3.63, 3.8) is 0 Å². The van der Waals surface area contributed by atoms with Gasteiger partial charge in [-0.15, -0.1) is 0 Å². The molecule has 190 valence electrons. The van der Waals surface area contributed by atoms with Crippen LogP contribution in [0.5, 0.6) is 0 Å². The number of nitrogens with one attached hydrogen (secondary N) is 1. The number of nitrogens with zero attached hydrogens (tertiary/aromatic N) is 3. The highest BCUT2D eigenvalue weighted by molar-refractivity contribution is 6.16. The number of nitriles is 1. The third-order valence-corrected chi connectivity index (χ3v) is 8.04. The molecule has 0 spiro atoms. The summed E-state index contributed by atoms with van der Waals surface area (Å²) >= 11 is 0. The van der Waals surface area contributed by atoms with Gasteiger partial charge in [-0.05, 0) is 73.7 Å². The van der Waals surface area contributed by atoms with Crippen molar-refractivity contribution in [2.45, 2.75) is 37.8 Å². The van der Waals surface area contributed by atoms with Gasteiger partial charge in [-0.1, -0.05) is 48.5 Å². The van der Waals surface area contributed by atoms with E-state index in [1.165, 1.54) is 10.8 Å². The summed E-state index contributed by atoms with van der Waals surface area (Å²) in [4.78, 5) is 4.74. The van der Waals surface area contributed by atoms with Crippen LogP contribution in [0.4, 0.5) is 5.69 Å². The fourth-order valence-corrected chi connectivity index (χ4v) is 6.08. The van der Waals surface area contributed by atoms with Crippen molar-refractivity contribution in [1.29, 1.82) is 5.26 Å². The van der Waals surface area contributed by atoms with Gasteiger partial charge in [-0.25, -0.2) is 0 Å². The molecule has 2 aromatic heterocycles. The highest BCUT2D eigenvalue weighted by Crippen LogP contribution is 2.39. The van der Waals surface area contributed by atoms with E-state index >= 15 is 0 Å². The summed E-state index contributed by atoms with van der Waals surface area (Å²) < 4.78 is 2.29. The third kappa shape index (κ3) is 4.10. The first-order chi connectivity index (χ1) is 19.2. The molecule has 0 aliphatic heterocycles. The second-order valence-electron chi connectivity index (χ2n) is 10.5. The molecule has 2 N–H and O–H groups in total. The van der Waals surface area contributed by atoms with Crippen LogP contribution in [0.3, 0.4) is 0 Å². The molecule has 4 aromatic carbocycles. The SMILES string of the molecule is N#Cc1ccc(-n2c3ccccc3c3c(-c4cnc5ccccc5c4)cccc32)cc1N[C@H]1CC[C@H](O)CC1. The molecule has 0 unspecified atom stereocenters. The van der Waals surface area contributed by atoms with Crippen LogP contribution in [-0.4, -0.2) is 26.8 Å². The minimum Gasteiger partial charge on any atom is -0.393 e. The molecule has 2 heterocycles. The monoisotopic (exact) mass is 508 g/mol. The van der Waals surface area contributed by atoms with Crippen LogP contribution in [0, 0.1) is 11.3 Å². The number of para-hydroxylation sites is 2. The third-order valence-electron chi connectivity index (χ3n) is 8.04. The summed E-state index contributed by atoms with van der Waals surface area (Å²) in [6, 6.07) is 34.0. The van der Waals surface area contributed by atoms with E-state index in [0.29, 0.717) is 5.56 Å². The molecule has 7 rings (SSSR count). The standard InChI is InChI=1S/C34H28N4O/c35-20-23-12-15-26(19-31(23)37-25-13-16-27(39)17-14-25)38-32-10-4-2-7-29(32)34-28(8-5-11-33(34)38)24-18-22-6-1-3-9-30(22)36-21-24/h1-12,15,18-19,21,25,27,37,39H,13-14,16-17H2/t25-,27-. The molecule has 0 bridgehead atoms. The Balaban J connectivity index is 1.41. The van der Waals surface area contributed by atoms with Gasteiger partial charge in [0.15, 0.2) is 0 Å². The van der Waals surface area contributed by atoms with E-state index in [-0.39, 0.29) is 12.1 Å². The van der Waals surface area contributed by atoms with E-state index in [9.17, 15) is 10.4 Å². The van der Waals surface area contributed by atoms with Gasteiger partial charge in [-0.2, -0.15) is 5.26 Å². The van der Waals surface area contributed by atoms with Gasteiger partial charge >= 0.3 is 0 Å². The second-order valence-corrected chi connectivity index (χ2v) is 10.5. The summed E-state index contributed by atoms with van der Waals surface area (Å²) in [5.41, 5.74) is 7.93. The zero-order valence-corrected chi connectivity index (χ0v) is 21.5. The average Bonchev–Trinajstić information content (AvgIpc) is 3.33. The highest BCUT2D eigenvalue weighted by atomic mass is 16.3. The van der Waals surface area contributed by atoms with Gasteiger partial charge in [0.25, 0.3) is 0 Å². The van der Waals surface area contributed by atoms with E-state index < -0.39 is 0 Å². The molecule has 5 nitrogen and oxygen atoms in total. The van der Waals surface area contributed by atoms with Crippen molar-refractivity contribution in [2.24, 2.45) is 0 Å². The van der Waals surface area contributed by atoms with Crippen molar-refractivity contribution >= 4 is 38.4 Å². The Morgan fingerprint density at radius 2 is 1.64 bits per heavy atom. The maximum atomic E-state index is 9.93. The number of aromatic nitrogens is 2. The molecule has 5 heteroatoms. The molecular formula is C34H28N4O. The van der Waals surface area contributed by atoms with Crippen LogP contribution in [0.2, 0.25) is 0 Å². The number of pyridine rings is 1. The maximum Gasteiger partial charge on any atom is 0.101 e. The molecule has 6 aromatic rings. The fourth-order valence-electron chi connectivity index (χ4n) is 6.08. The number of fused-ring (bicyclic) bond motifs is 4. The Morgan fingerprint density at radius 1 is 0.846 bits per heavy atom. The normalized spacial score (nSPS) is 17.4. The van der Waals surface area contributed by atoms with Crippen molar-refractivity contribution < 1.29 is 5.11 Å². The van der Waals surface area contributed by atoms with Crippen molar-refractivity contribution in [2.75, 3.05) is 5.32 Å². The van der Waals surface area contributed by atoms with E-state index in [1.807, 2.05) is 36.5 Å². The van der Waals surface area contributed by atoms with Crippen LogP contribution >= 0.6 is 0 Å². The first-order valence-electron chi connectivity index (χ1n) is 13.6. The second kappa shape index (κ2) is 9.58. The topological polar surface area (TPSA) is 73.9 Å². The Morgan fingerprint density at radius 3 is 2.51 bits per heavy atom. The summed E-state index contributed by atoms with van der Waals surface area (Å²) in [7, 11) is 0. The predicted molar refractivity (Wildman–Crippen MR) is 158 cm³/mol. The smallest absolute Gasteiger partial charge is 0.101 e. The molecule has 0 amide bonds. The zero-order valence-electron chi connectivity index (χ0n) is 21.5. The van der Waals surface area contributed by atoms with Crippen LogP contribution in [0.15, 0.2) is 97.2 Å². The number of rotatable bonds is 4. The van der Waals surface area contributed by atoms with Gasteiger partial charge in [0.1, 0.15) is 6.07 Å². The Kier molecular flexibility index (Phi) is 5.76. The molecule has 0 atom stereocenters. The van der Waals surface area contributed by atoms with E-state index in [0.717, 1.165) is 70.1 Å².